The predicted molar refractivity (Wildman–Crippen MR) is 109 cm³/mol. The number of rotatable bonds is 4. The summed E-state index contributed by atoms with van der Waals surface area (Å²) in [6.07, 6.45) is -1.32. The van der Waals surface area contributed by atoms with Gasteiger partial charge in [0.2, 0.25) is 0 Å². The van der Waals surface area contributed by atoms with Gasteiger partial charge in [-0.2, -0.15) is 0 Å². The van der Waals surface area contributed by atoms with Gasteiger partial charge in [-0.1, -0.05) is 12.1 Å². The second-order valence-corrected chi connectivity index (χ2v) is 7.28. The van der Waals surface area contributed by atoms with Crippen molar-refractivity contribution in [2.24, 2.45) is 0 Å². The van der Waals surface area contributed by atoms with Crippen LogP contribution in [-0.2, 0) is 14.3 Å². The molecule has 2 aromatic rings. The van der Waals surface area contributed by atoms with Crippen molar-refractivity contribution in [3.8, 4) is 0 Å². The zero-order valence-electron chi connectivity index (χ0n) is 18.3. The molecule has 2 fully saturated rings. The highest BCUT2D eigenvalue weighted by Crippen LogP contribution is 2.28. The van der Waals surface area contributed by atoms with E-state index in [1.165, 1.54) is 4.90 Å². The number of carbonyl (C=O) groups is 4. The zero-order chi connectivity index (χ0) is 23.3. The first-order chi connectivity index (χ1) is 15.8. The van der Waals surface area contributed by atoms with E-state index in [-0.39, 0.29) is 26.3 Å². The molecule has 2 aromatic carbocycles. The SMILES string of the molecule is [2H]C1([2H])COCC(=O)N1c1ccc(N2C[C@H](CN3C(=O)c4ccccc4C3=O)OC2=O)cc1. The van der Waals surface area contributed by atoms with Crippen LogP contribution in [0.1, 0.15) is 23.5 Å². The van der Waals surface area contributed by atoms with Crippen molar-refractivity contribution < 1.29 is 31.4 Å². The number of hydrogen-bond acceptors (Lipinski definition) is 6. The number of amides is 4. The number of cyclic esters (lactones) is 1. The summed E-state index contributed by atoms with van der Waals surface area (Å²) in [7, 11) is 0. The third-order valence-corrected chi connectivity index (χ3v) is 5.36. The van der Waals surface area contributed by atoms with Crippen LogP contribution in [0.15, 0.2) is 48.5 Å². The zero-order valence-corrected chi connectivity index (χ0v) is 16.3. The van der Waals surface area contributed by atoms with E-state index in [9.17, 15) is 19.2 Å². The van der Waals surface area contributed by atoms with Gasteiger partial charge in [-0.3, -0.25) is 24.2 Å². The molecular formula is C22H19N3O6. The highest BCUT2D eigenvalue weighted by molar-refractivity contribution is 6.21. The maximum Gasteiger partial charge on any atom is 0.414 e. The van der Waals surface area contributed by atoms with Crippen molar-refractivity contribution in [3.05, 3.63) is 59.7 Å². The number of nitrogens with zero attached hydrogens (tertiary/aromatic N) is 3. The van der Waals surface area contributed by atoms with Crippen LogP contribution < -0.4 is 9.80 Å². The number of imide groups is 1. The molecule has 3 aliphatic heterocycles. The average Bonchev–Trinajstić information content (AvgIpc) is 3.26. The molecule has 0 aromatic heterocycles. The molecule has 0 radical (unpaired) electrons. The van der Waals surface area contributed by atoms with E-state index >= 15 is 0 Å². The molecule has 0 saturated carbocycles. The second kappa shape index (κ2) is 7.51. The Bertz CT molecular complexity index is 1130. The second-order valence-electron chi connectivity index (χ2n) is 7.28. The Morgan fingerprint density at radius 1 is 0.903 bits per heavy atom. The van der Waals surface area contributed by atoms with Crippen molar-refractivity contribution in [3.63, 3.8) is 0 Å². The quantitative estimate of drug-likeness (QED) is 0.694. The molecule has 9 nitrogen and oxygen atoms in total. The minimum atomic E-state index is -1.99. The summed E-state index contributed by atoms with van der Waals surface area (Å²) >= 11 is 0. The van der Waals surface area contributed by atoms with Gasteiger partial charge >= 0.3 is 6.09 Å². The molecule has 9 heteroatoms. The Morgan fingerprint density at radius 2 is 1.52 bits per heavy atom. The Labute approximate surface area is 180 Å². The topological polar surface area (TPSA) is 96.5 Å². The number of hydrogen-bond donors (Lipinski definition) is 0. The molecule has 3 heterocycles. The minimum Gasteiger partial charge on any atom is -0.442 e. The van der Waals surface area contributed by atoms with Crippen LogP contribution in [0.4, 0.5) is 16.2 Å². The molecule has 2 saturated heterocycles. The molecule has 0 spiro atoms. The molecule has 3 aliphatic rings. The molecule has 0 unspecified atom stereocenters. The third kappa shape index (κ3) is 3.32. The number of morpholine rings is 1. The van der Waals surface area contributed by atoms with E-state index in [0.29, 0.717) is 22.5 Å². The molecule has 5 rings (SSSR count). The monoisotopic (exact) mass is 423 g/mol. The van der Waals surface area contributed by atoms with Crippen molar-refractivity contribution >= 4 is 35.2 Å². The van der Waals surface area contributed by atoms with Gasteiger partial charge in [0.05, 0.1) is 33.6 Å². The van der Waals surface area contributed by atoms with Crippen LogP contribution in [0.3, 0.4) is 0 Å². The van der Waals surface area contributed by atoms with Crippen molar-refractivity contribution in [2.75, 3.05) is 42.6 Å². The molecule has 0 N–H and O–H groups in total. The van der Waals surface area contributed by atoms with Crippen LogP contribution in [-0.4, -0.2) is 67.6 Å². The molecule has 4 amide bonds. The van der Waals surface area contributed by atoms with Gasteiger partial charge < -0.3 is 14.4 Å². The van der Waals surface area contributed by atoms with Crippen molar-refractivity contribution in [1.82, 2.24) is 4.90 Å². The summed E-state index contributed by atoms with van der Waals surface area (Å²) in [4.78, 5) is 53.3. The average molecular weight is 423 g/mol. The van der Waals surface area contributed by atoms with E-state index in [1.54, 1.807) is 48.5 Å². The van der Waals surface area contributed by atoms with Crippen LogP contribution in [0, 0.1) is 0 Å². The smallest absolute Gasteiger partial charge is 0.414 e. The molecule has 1 atom stereocenters. The van der Waals surface area contributed by atoms with Gasteiger partial charge in [-0.25, -0.2) is 4.79 Å². The van der Waals surface area contributed by atoms with Crippen LogP contribution >= 0.6 is 0 Å². The maximum atomic E-state index is 12.6. The number of fused-ring (bicyclic) bond motifs is 1. The predicted octanol–water partition coefficient (Wildman–Crippen LogP) is 1.67. The Morgan fingerprint density at radius 3 is 2.13 bits per heavy atom. The molecule has 0 aliphatic carbocycles. The first-order valence-electron chi connectivity index (χ1n) is 10.7. The molecule has 31 heavy (non-hydrogen) atoms. The first-order valence-corrected chi connectivity index (χ1v) is 9.70. The van der Waals surface area contributed by atoms with E-state index in [1.807, 2.05) is 0 Å². The normalized spacial score (nSPS) is 23.6. The molecule has 0 bridgehead atoms. The van der Waals surface area contributed by atoms with Gasteiger partial charge in [0.25, 0.3) is 17.7 Å². The van der Waals surface area contributed by atoms with E-state index in [0.717, 1.165) is 9.80 Å². The van der Waals surface area contributed by atoms with Gasteiger partial charge in [0.15, 0.2) is 0 Å². The van der Waals surface area contributed by atoms with Gasteiger partial charge in [-0.15, -0.1) is 0 Å². The number of ether oxygens (including phenoxy) is 2. The van der Waals surface area contributed by atoms with E-state index in [2.05, 4.69) is 0 Å². The van der Waals surface area contributed by atoms with Crippen LogP contribution in [0.25, 0.3) is 0 Å². The van der Waals surface area contributed by atoms with E-state index < -0.39 is 36.4 Å². The lowest BCUT2D eigenvalue weighted by Gasteiger charge is -2.27. The van der Waals surface area contributed by atoms with Gasteiger partial charge in [-0.05, 0) is 36.4 Å². The van der Waals surface area contributed by atoms with Crippen molar-refractivity contribution in [1.29, 1.82) is 0 Å². The molecule has 158 valence electrons. The fourth-order valence-electron chi connectivity index (χ4n) is 3.85. The summed E-state index contributed by atoms with van der Waals surface area (Å²) in [5.74, 6) is -1.33. The fourth-order valence-corrected chi connectivity index (χ4v) is 3.85. The van der Waals surface area contributed by atoms with Gasteiger partial charge in [0.1, 0.15) is 12.7 Å². The summed E-state index contributed by atoms with van der Waals surface area (Å²) in [5.41, 5.74) is 1.48. The molecular weight excluding hydrogens is 402 g/mol. The Kier molecular flexibility index (Phi) is 4.12. The van der Waals surface area contributed by atoms with Gasteiger partial charge in [0, 0.05) is 17.9 Å². The fraction of sp³-hybridized carbons (Fsp3) is 0.273. The summed E-state index contributed by atoms with van der Waals surface area (Å²) in [6.45, 7) is -2.36. The van der Waals surface area contributed by atoms with E-state index in [4.69, 9.17) is 12.2 Å². The number of anilines is 2. The highest BCUT2D eigenvalue weighted by atomic mass is 16.6. The van der Waals surface area contributed by atoms with Crippen LogP contribution in [0.2, 0.25) is 0 Å². The Hall–Kier alpha value is -3.72. The Balaban J connectivity index is 1.29. The highest BCUT2D eigenvalue weighted by Gasteiger charge is 2.40. The lowest BCUT2D eigenvalue weighted by molar-refractivity contribution is -0.125. The minimum absolute atomic E-state index is 0.0604. The first kappa shape index (κ1) is 17.0. The lowest BCUT2D eigenvalue weighted by Crippen LogP contribution is -2.41. The summed E-state index contributed by atoms with van der Waals surface area (Å²) in [6, 6.07) is 12.8. The summed E-state index contributed by atoms with van der Waals surface area (Å²) in [5, 5.41) is 0. The van der Waals surface area contributed by atoms with Crippen molar-refractivity contribution in [2.45, 2.75) is 6.10 Å². The maximum absolute atomic E-state index is 12.6. The number of carbonyl (C=O) groups excluding carboxylic acids is 4. The number of benzene rings is 2. The third-order valence-electron chi connectivity index (χ3n) is 5.36. The summed E-state index contributed by atoms with van der Waals surface area (Å²) < 4.78 is 26.4. The lowest BCUT2D eigenvalue weighted by atomic mass is 10.1. The standard InChI is InChI=1S/C22H19N3O6/c26-19-13-30-10-9-23(19)14-5-7-15(8-6-14)24-11-16(31-22(24)29)12-25-20(27)17-3-1-2-4-18(17)21(25)28/h1-8,16H,9-13H2/t16-/m1/s1/i9D2. The largest absolute Gasteiger partial charge is 0.442 e. The van der Waals surface area contributed by atoms with Crippen LogP contribution in [0.5, 0.6) is 0 Å².